The first-order valence-electron chi connectivity index (χ1n) is 9.30. The molecule has 13 nitrogen and oxygen atoms in total. The number of ether oxygens (including phenoxy) is 4. The molecule has 0 amide bonds. The lowest BCUT2D eigenvalue weighted by Crippen LogP contribution is -2.48. The number of carbonyl (C=O) groups is 5. The lowest BCUT2D eigenvalue weighted by atomic mass is 10.1. The second kappa shape index (κ2) is 10.6. The van der Waals surface area contributed by atoms with Crippen molar-refractivity contribution in [2.24, 2.45) is 0 Å². The Morgan fingerprint density at radius 3 is 2.28 bits per heavy atom. The van der Waals surface area contributed by atoms with Crippen LogP contribution in [0.25, 0.3) is 0 Å². The van der Waals surface area contributed by atoms with Crippen LogP contribution in [0.1, 0.15) is 36.9 Å². The molecule has 0 unspecified atom stereocenters. The highest BCUT2D eigenvalue weighted by Crippen LogP contribution is 2.31. The predicted octanol–water partition coefficient (Wildman–Crippen LogP) is -1.19. The monoisotopic (exact) mass is 456 g/mol. The molecule has 0 aliphatic carbocycles. The Kier molecular flexibility index (Phi) is 8.21. The summed E-state index contributed by atoms with van der Waals surface area (Å²) in [4.78, 5) is 57.0. The van der Waals surface area contributed by atoms with Gasteiger partial charge in [-0.05, 0) is 6.07 Å². The molecule has 5 atom stereocenters. The summed E-state index contributed by atoms with van der Waals surface area (Å²) in [6, 6.07) is 2.73. The molecular weight excluding hydrogens is 434 g/mol. The van der Waals surface area contributed by atoms with Gasteiger partial charge in [-0.2, -0.15) is 4.57 Å². The number of carboxylic acids is 2. The number of carbonyl (C=O) groups excluding carboxylic acids is 3. The Hall–Kier alpha value is -3.58. The van der Waals surface area contributed by atoms with Gasteiger partial charge in [-0.1, -0.05) is 0 Å². The fourth-order valence-corrected chi connectivity index (χ4v) is 3.02. The Morgan fingerprint density at radius 2 is 1.72 bits per heavy atom. The predicted molar refractivity (Wildman–Crippen MR) is 97.8 cm³/mol. The van der Waals surface area contributed by atoms with E-state index in [0.29, 0.717) is 0 Å². The number of carboxylic acid groups (broad SMARTS) is 2. The van der Waals surface area contributed by atoms with Crippen molar-refractivity contribution in [3.05, 3.63) is 30.1 Å². The average molecular weight is 456 g/mol. The number of aliphatic hydroxyl groups is 1. The van der Waals surface area contributed by atoms with Gasteiger partial charge < -0.3 is 34.3 Å². The molecule has 1 fully saturated rings. The molecule has 0 spiro atoms. The van der Waals surface area contributed by atoms with E-state index in [1.165, 1.54) is 29.1 Å². The molecule has 0 saturated carbocycles. The summed E-state index contributed by atoms with van der Waals surface area (Å²) >= 11 is 0. The first-order chi connectivity index (χ1) is 15.0. The van der Waals surface area contributed by atoms with E-state index in [2.05, 4.69) is 0 Å². The Labute approximate surface area is 181 Å². The zero-order chi connectivity index (χ0) is 24.0. The van der Waals surface area contributed by atoms with E-state index in [0.717, 1.165) is 13.8 Å². The number of hydrogen-bond donors (Lipinski definition) is 3. The van der Waals surface area contributed by atoms with Gasteiger partial charge in [0, 0.05) is 19.9 Å². The zero-order valence-electron chi connectivity index (χ0n) is 17.1. The second-order valence-corrected chi connectivity index (χ2v) is 6.80. The van der Waals surface area contributed by atoms with Crippen LogP contribution in [0.3, 0.4) is 0 Å². The summed E-state index contributed by atoms with van der Waals surface area (Å²) in [5.41, 5.74) is -0.103. The number of aliphatic carboxylic acids is 1. The summed E-state index contributed by atoms with van der Waals surface area (Å²) in [6.07, 6.45) is -5.00. The molecule has 13 heteroatoms. The van der Waals surface area contributed by atoms with Gasteiger partial charge in [-0.25, -0.2) is 9.59 Å². The van der Waals surface area contributed by atoms with E-state index in [9.17, 15) is 34.2 Å². The lowest BCUT2D eigenvalue weighted by molar-refractivity contribution is -0.765. The summed E-state index contributed by atoms with van der Waals surface area (Å²) in [6.45, 7) is 1.62. The van der Waals surface area contributed by atoms with E-state index in [-0.39, 0.29) is 5.56 Å². The molecule has 1 aromatic rings. The van der Waals surface area contributed by atoms with Crippen LogP contribution in [0.15, 0.2) is 24.5 Å². The molecule has 0 aromatic carbocycles. The number of rotatable bonds is 9. The number of nitrogens with zero attached hydrogens (tertiary/aromatic N) is 1. The van der Waals surface area contributed by atoms with Crippen molar-refractivity contribution in [2.45, 2.75) is 50.9 Å². The summed E-state index contributed by atoms with van der Waals surface area (Å²) in [7, 11) is 0. The smallest absolute Gasteiger partial charge is 0.341 e. The molecule has 3 N–H and O–H groups in total. The fourth-order valence-electron chi connectivity index (χ4n) is 3.02. The summed E-state index contributed by atoms with van der Waals surface area (Å²) in [5, 5.41) is 27.4. The molecule has 174 valence electrons. The molecule has 1 saturated heterocycles. The average Bonchev–Trinajstić information content (AvgIpc) is 3.01. The minimum Gasteiger partial charge on any atom is -0.481 e. The van der Waals surface area contributed by atoms with Gasteiger partial charge in [-0.15, -0.1) is 0 Å². The maximum Gasteiger partial charge on any atom is 0.341 e. The molecule has 1 aliphatic heterocycles. The first kappa shape index (κ1) is 24.7. The van der Waals surface area contributed by atoms with Crippen LogP contribution in [0, 0.1) is 0 Å². The molecule has 0 radical (unpaired) electrons. The number of esters is 3. The van der Waals surface area contributed by atoms with Gasteiger partial charge in [0.05, 0.1) is 6.42 Å². The van der Waals surface area contributed by atoms with Crippen molar-refractivity contribution in [1.29, 1.82) is 0 Å². The van der Waals surface area contributed by atoms with Gasteiger partial charge >= 0.3 is 36.1 Å². The van der Waals surface area contributed by atoms with E-state index in [4.69, 9.17) is 24.1 Å². The van der Waals surface area contributed by atoms with Gasteiger partial charge in [-0.3, -0.25) is 14.4 Å². The first-order valence-corrected chi connectivity index (χ1v) is 9.30. The Bertz CT molecular complexity index is 900. The SMILES string of the molecule is CC(=O)O[C@@H]1[C@H](OC(C)=O)[C@@H](COC(=O)[C@@H](O)CC(=O)O)O[C@H]1[n+]1cccc(C(=O)O)c1. The van der Waals surface area contributed by atoms with E-state index >= 15 is 0 Å². The number of pyridine rings is 1. The molecule has 2 heterocycles. The second-order valence-electron chi connectivity index (χ2n) is 6.80. The van der Waals surface area contributed by atoms with E-state index in [1.54, 1.807) is 0 Å². The van der Waals surface area contributed by atoms with Crippen LogP contribution in [0.4, 0.5) is 0 Å². The highest BCUT2D eigenvalue weighted by Gasteiger charge is 2.54. The highest BCUT2D eigenvalue weighted by molar-refractivity contribution is 5.86. The largest absolute Gasteiger partial charge is 0.481 e. The van der Waals surface area contributed by atoms with Crippen molar-refractivity contribution >= 4 is 29.8 Å². The summed E-state index contributed by atoms with van der Waals surface area (Å²) < 4.78 is 22.4. The van der Waals surface area contributed by atoms with Crippen molar-refractivity contribution in [2.75, 3.05) is 6.61 Å². The van der Waals surface area contributed by atoms with Crippen LogP contribution in [0.2, 0.25) is 0 Å². The van der Waals surface area contributed by atoms with E-state index in [1.807, 2.05) is 0 Å². The molecule has 32 heavy (non-hydrogen) atoms. The Balaban J connectivity index is 2.30. The standard InChI is InChI=1S/C19H21NO12/c1-9(21)30-15-13(8-29-19(28)12(23)6-14(24)25)32-17(16(15)31-10(2)22)20-5-3-4-11(7-20)18(26)27/h3-5,7,12-13,15-17,23H,6,8H2,1-2H3,(H-,24,25,26,27)/p+1/t12-,13+,15+,16+,17+/m0/s1. The third-order valence-electron chi connectivity index (χ3n) is 4.28. The Morgan fingerprint density at radius 1 is 1.09 bits per heavy atom. The maximum atomic E-state index is 11.8. The van der Waals surface area contributed by atoms with Gasteiger partial charge in [0.1, 0.15) is 18.3 Å². The molecule has 0 bridgehead atoms. The van der Waals surface area contributed by atoms with Crippen molar-refractivity contribution in [1.82, 2.24) is 0 Å². The summed E-state index contributed by atoms with van der Waals surface area (Å²) in [5.74, 6) is -5.40. The highest BCUT2D eigenvalue weighted by atomic mass is 16.7. The number of aromatic carboxylic acids is 1. The van der Waals surface area contributed by atoms with Crippen LogP contribution in [-0.2, 0) is 38.1 Å². The normalized spacial score (nSPS) is 23.1. The number of aromatic nitrogens is 1. The van der Waals surface area contributed by atoms with Crippen LogP contribution < -0.4 is 4.57 Å². The molecular formula is C19H22NO12+. The molecule has 1 aliphatic rings. The minimum absolute atomic E-state index is 0.103. The lowest BCUT2D eigenvalue weighted by Gasteiger charge is -2.21. The van der Waals surface area contributed by atoms with Crippen LogP contribution in [0.5, 0.6) is 0 Å². The fraction of sp³-hybridized carbons (Fsp3) is 0.474. The van der Waals surface area contributed by atoms with Crippen LogP contribution in [-0.4, -0.2) is 76.2 Å². The van der Waals surface area contributed by atoms with Gasteiger partial charge in [0.25, 0.3) is 0 Å². The van der Waals surface area contributed by atoms with E-state index < -0.39 is 73.5 Å². The van der Waals surface area contributed by atoms with Gasteiger partial charge in [0.2, 0.25) is 6.10 Å². The number of hydrogen-bond acceptors (Lipinski definition) is 10. The van der Waals surface area contributed by atoms with Crippen molar-refractivity contribution in [3.8, 4) is 0 Å². The van der Waals surface area contributed by atoms with Crippen molar-refractivity contribution < 1.29 is 62.8 Å². The van der Waals surface area contributed by atoms with Crippen LogP contribution >= 0.6 is 0 Å². The number of aliphatic hydroxyl groups excluding tert-OH is 1. The zero-order valence-corrected chi connectivity index (χ0v) is 17.1. The minimum atomic E-state index is -1.93. The third kappa shape index (κ3) is 6.46. The van der Waals surface area contributed by atoms with Crippen molar-refractivity contribution in [3.63, 3.8) is 0 Å². The van der Waals surface area contributed by atoms with Gasteiger partial charge in [0.15, 0.2) is 24.6 Å². The molecule has 1 aromatic heterocycles. The molecule has 2 rings (SSSR count). The topological polar surface area (TPSA) is 187 Å². The third-order valence-corrected chi connectivity index (χ3v) is 4.28. The maximum absolute atomic E-state index is 11.8. The quantitative estimate of drug-likeness (QED) is 0.229.